The van der Waals surface area contributed by atoms with Crippen LogP contribution in [0.1, 0.15) is 66.2 Å². The molecule has 0 aromatic heterocycles. The van der Waals surface area contributed by atoms with E-state index in [4.69, 9.17) is 28.9 Å². The van der Waals surface area contributed by atoms with E-state index in [0.717, 1.165) is 24.8 Å². The van der Waals surface area contributed by atoms with Gasteiger partial charge in [-0.15, -0.1) is 0 Å². The van der Waals surface area contributed by atoms with Gasteiger partial charge in [0.15, 0.2) is 11.6 Å². The average molecular weight is 424 g/mol. The van der Waals surface area contributed by atoms with Crippen LogP contribution in [0.15, 0.2) is 23.3 Å². The van der Waals surface area contributed by atoms with Gasteiger partial charge in [0.25, 0.3) is 0 Å². The van der Waals surface area contributed by atoms with E-state index in [1.54, 1.807) is 34.5 Å². The van der Waals surface area contributed by atoms with Crippen molar-refractivity contribution in [2.45, 2.75) is 83.4 Å². The van der Waals surface area contributed by atoms with Gasteiger partial charge in [0.05, 0.1) is 12.7 Å². The zero-order chi connectivity index (χ0) is 22.8. The van der Waals surface area contributed by atoms with E-state index in [0.29, 0.717) is 25.9 Å². The van der Waals surface area contributed by atoms with Gasteiger partial charge in [0.2, 0.25) is 0 Å². The summed E-state index contributed by atoms with van der Waals surface area (Å²) in [6.07, 6.45) is 8.33. The van der Waals surface area contributed by atoms with Crippen LogP contribution in [0.25, 0.3) is 0 Å². The van der Waals surface area contributed by atoms with Gasteiger partial charge in [-0.25, -0.2) is 0 Å². The summed E-state index contributed by atoms with van der Waals surface area (Å²) < 4.78 is 29.7. The fourth-order valence-corrected chi connectivity index (χ4v) is 4.38. The van der Waals surface area contributed by atoms with E-state index in [1.807, 2.05) is 6.92 Å². The molecule has 6 heteroatoms. The quantitative estimate of drug-likeness (QED) is 0.260. The van der Waals surface area contributed by atoms with Crippen LogP contribution in [0.5, 0.6) is 0 Å². The van der Waals surface area contributed by atoms with E-state index >= 15 is 0 Å². The Balaban J connectivity index is 2.94. The zero-order valence-corrected chi connectivity index (χ0v) is 20.2. The molecule has 0 aromatic carbocycles. The van der Waals surface area contributed by atoms with Crippen molar-refractivity contribution in [3.8, 4) is 6.07 Å². The Morgan fingerprint density at radius 1 is 1.23 bits per heavy atom. The fourth-order valence-electron chi connectivity index (χ4n) is 4.38. The Hall–Kier alpha value is -1.23. The van der Waals surface area contributed by atoms with Crippen molar-refractivity contribution in [2.75, 3.05) is 35.0 Å². The second-order valence-corrected chi connectivity index (χ2v) is 8.61. The molecule has 1 heterocycles. The van der Waals surface area contributed by atoms with Crippen molar-refractivity contribution >= 4 is 0 Å². The third-order valence-electron chi connectivity index (χ3n) is 6.61. The normalized spacial score (nSPS) is 24.2. The second kappa shape index (κ2) is 12.0. The third-order valence-corrected chi connectivity index (χ3v) is 6.61. The van der Waals surface area contributed by atoms with Gasteiger partial charge in [-0.3, -0.25) is 0 Å². The lowest BCUT2D eigenvalue weighted by atomic mass is 9.83. The average Bonchev–Trinajstić information content (AvgIpc) is 2.86. The highest BCUT2D eigenvalue weighted by Crippen LogP contribution is 2.42. The number of methoxy groups -OCH3 is 4. The van der Waals surface area contributed by atoms with Crippen LogP contribution < -0.4 is 0 Å². The minimum Gasteiger partial charge on any atom is -0.365 e. The van der Waals surface area contributed by atoms with Crippen molar-refractivity contribution in [1.29, 1.82) is 5.26 Å². The van der Waals surface area contributed by atoms with E-state index in [2.05, 4.69) is 32.9 Å². The molecule has 172 valence electrons. The first kappa shape index (κ1) is 26.8. The van der Waals surface area contributed by atoms with Gasteiger partial charge in [-0.05, 0) is 52.0 Å². The summed E-state index contributed by atoms with van der Waals surface area (Å²) in [5.74, 6) is -1.32. The molecule has 0 spiro atoms. The predicted molar refractivity (Wildman–Crippen MR) is 118 cm³/mol. The van der Waals surface area contributed by atoms with Crippen LogP contribution in [0.3, 0.4) is 0 Å². The number of hydrogen-bond acceptors (Lipinski definition) is 6. The van der Waals surface area contributed by atoms with Gasteiger partial charge in [-0.1, -0.05) is 18.6 Å². The summed E-state index contributed by atoms with van der Waals surface area (Å²) in [7, 11) is 6.73. The van der Waals surface area contributed by atoms with Crippen LogP contribution in [-0.4, -0.2) is 52.2 Å². The van der Waals surface area contributed by atoms with Gasteiger partial charge in [0.1, 0.15) is 5.60 Å². The summed E-state index contributed by atoms with van der Waals surface area (Å²) >= 11 is 0. The number of allylic oxidation sites excluding steroid dienone is 2. The maximum Gasteiger partial charge on any atom is 0.197 e. The molecule has 0 saturated carbocycles. The van der Waals surface area contributed by atoms with Crippen molar-refractivity contribution in [2.24, 2.45) is 5.92 Å². The molecule has 1 unspecified atom stereocenters. The lowest BCUT2D eigenvalue weighted by Gasteiger charge is -2.45. The Morgan fingerprint density at radius 2 is 1.87 bits per heavy atom. The maximum atomic E-state index is 9.02. The van der Waals surface area contributed by atoms with Crippen molar-refractivity contribution in [1.82, 2.24) is 0 Å². The van der Waals surface area contributed by atoms with Crippen LogP contribution >= 0.6 is 0 Å². The Morgan fingerprint density at radius 3 is 2.37 bits per heavy atom. The monoisotopic (exact) mass is 423 g/mol. The molecule has 0 aromatic rings. The molecule has 6 nitrogen and oxygen atoms in total. The molecule has 0 radical (unpaired) electrons. The highest BCUT2D eigenvalue weighted by atomic mass is 16.7. The Kier molecular flexibility index (Phi) is 10.7. The topological polar surface area (TPSA) is 69.9 Å². The first-order valence-corrected chi connectivity index (χ1v) is 10.7. The number of hydrogen-bond donors (Lipinski definition) is 0. The van der Waals surface area contributed by atoms with Crippen LogP contribution in [0, 0.1) is 17.2 Å². The summed E-state index contributed by atoms with van der Waals surface area (Å²) in [5.41, 5.74) is 1.57. The molecule has 0 N–H and O–H groups in total. The molecule has 30 heavy (non-hydrogen) atoms. The number of nitriles is 1. The molecule has 1 aliphatic heterocycles. The second-order valence-electron chi connectivity index (χ2n) is 8.61. The van der Waals surface area contributed by atoms with Crippen LogP contribution in [0.4, 0.5) is 0 Å². The van der Waals surface area contributed by atoms with Gasteiger partial charge < -0.3 is 23.7 Å². The molecule has 0 aliphatic carbocycles. The molecule has 1 saturated heterocycles. The molecular weight excluding hydrogens is 382 g/mol. The van der Waals surface area contributed by atoms with Crippen molar-refractivity contribution < 1.29 is 23.7 Å². The lowest BCUT2D eigenvalue weighted by molar-refractivity contribution is -0.307. The molecule has 1 rings (SSSR count). The molecule has 0 amide bonds. The smallest absolute Gasteiger partial charge is 0.197 e. The van der Waals surface area contributed by atoms with Crippen molar-refractivity contribution in [3.63, 3.8) is 0 Å². The summed E-state index contributed by atoms with van der Waals surface area (Å²) in [5, 5.41) is 9.02. The van der Waals surface area contributed by atoms with Gasteiger partial charge in [0, 0.05) is 53.3 Å². The van der Waals surface area contributed by atoms with E-state index < -0.39 is 17.2 Å². The van der Waals surface area contributed by atoms with Crippen LogP contribution in [-0.2, 0) is 23.7 Å². The predicted octanol–water partition coefficient (Wildman–Crippen LogP) is 5.15. The zero-order valence-electron chi connectivity index (χ0n) is 20.2. The van der Waals surface area contributed by atoms with E-state index in [1.165, 1.54) is 5.57 Å². The summed E-state index contributed by atoms with van der Waals surface area (Å²) in [6, 6.07) is 2.11. The number of rotatable bonds is 11. The minimum absolute atomic E-state index is 0.186. The fraction of sp³-hybridized carbons (Fsp3) is 0.792. The first-order valence-electron chi connectivity index (χ1n) is 10.7. The maximum absolute atomic E-state index is 9.02. The number of ether oxygens (including phenoxy) is 5. The lowest BCUT2D eigenvalue weighted by Crippen LogP contribution is -2.56. The standard InChI is InChI=1S/C24H41NO5/c1-19(2)11-15-23(26-5,27-6)20(3)10-9-14-22(4)24(28-7,29-8)16-12-21(13-17-25)18-30-22/h11,13,20H,9-10,12,14-16,18H2,1-8H3/t20?,22-/m0/s1. The van der Waals surface area contributed by atoms with Crippen LogP contribution in [0.2, 0.25) is 0 Å². The molecule has 0 bridgehead atoms. The van der Waals surface area contributed by atoms with Gasteiger partial charge in [-0.2, -0.15) is 5.26 Å². The van der Waals surface area contributed by atoms with E-state index in [-0.39, 0.29) is 5.92 Å². The summed E-state index contributed by atoms with van der Waals surface area (Å²) in [4.78, 5) is 0. The largest absolute Gasteiger partial charge is 0.365 e. The van der Waals surface area contributed by atoms with Gasteiger partial charge >= 0.3 is 0 Å². The van der Waals surface area contributed by atoms with E-state index in [9.17, 15) is 0 Å². The molecular formula is C24H41NO5. The molecule has 1 aliphatic rings. The molecule has 2 atom stereocenters. The van der Waals surface area contributed by atoms with Crippen molar-refractivity contribution in [3.05, 3.63) is 23.3 Å². The minimum atomic E-state index is -0.858. The highest BCUT2D eigenvalue weighted by Gasteiger charge is 2.51. The Bertz CT molecular complexity index is 624. The first-order chi connectivity index (χ1) is 14.2. The third kappa shape index (κ3) is 6.15. The summed E-state index contributed by atoms with van der Waals surface area (Å²) in [6.45, 7) is 8.78. The number of nitrogens with zero attached hydrogens (tertiary/aromatic N) is 1. The Labute approximate surface area is 183 Å². The molecule has 1 fully saturated rings. The SMILES string of the molecule is COC(CC=C(C)C)(OC)C(C)CCC[C@]1(C)OCC(=CC#N)CCC1(OC)OC. The highest BCUT2D eigenvalue weighted by molar-refractivity contribution is 5.16.